The van der Waals surface area contributed by atoms with Crippen molar-refractivity contribution in [3.8, 4) is 11.5 Å². The summed E-state index contributed by atoms with van der Waals surface area (Å²) in [7, 11) is 7.32. The highest BCUT2D eigenvalue weighted by Crippen LogP contribution is 2.25. The van der Waals surface area contributed by atoms with Crippen molar-refractivity contribution in [1.29, 1.82) is 0 Å². The van der Waals surface area contributed by atoms with Gasteiger partial charge in [0.25, 0.3) is 5.91 Å². The Morgan fingerprint density at radius 1 is 1.04 bits per heavy atom. The third kappa shape index (κ3) is 4.80. The predicted octanol–water partition coefficient (Wildman–Crippen LogP) is 3.05. The lowest BCUT2D eigenvalue weighted by Gasteiger charge is -2.18. The van der Waals surface area contributed by atoms with E-state index in [-0.39, 0.29) is 18.2 Å². The summed E-state index contributed by atoms with van der Waals surface area (Å²) in [4.78, 5) is 20.3. The van der Waals surface area contributed by atoms with Gasteiger partial charge >= 0.3 is 0 Å². The number of oxazole rings is 1. The van der Waals surface area contributed by atoms with E-state index in [9.17, 15) is 4.79 Å². The van der Waals surface area contributed by atoms with Gasteiger partial charge in [0.2, 0.25) is 5.89 Å². The molecule has 0 fully saturated rings. The van der Waals surface area contributed by atoms with Crippen LogP contribution in [0.15, 0.2) is 47.1 Å². The number of benzene rings is 2. The minimum absolute atomic E-state index is 0.143. The van der Waals surface area contributed by atoms with Gasteiger partial charge in [-0.15, -0.1) is 0 Å². The summed E-state index contributed by atoms with van der Waals surface area (Å²) in [5.41, 5.74) is 0.281. The van der Waals surface area contributed by atoms with Crippen molar-refractivity contribution in [2.75, 3.05) is 41.3 Å². The third-order valence-electron chi connectivity index (χ3n) is 4.38. The molecule has 0 aliphatic rings. The number of methoxy groups -OCH3 is 1. The van der Waals surface area contributed by atoms with E-state index in [0.29, 0.717) is 18.2 Å². The standard InChI is InChI=1S/C21H25N3O4/c1-23(2)9-10-24(3)21(25)19-13-28-20(22-19)14-27-18-8-6-15-5-7-17(26-4)11-16(15)12-18/h5-8,11-13H,9-10,14H2,1-4H3. The zero-order valence-electron chi connectivity index (χ0n) is 16.6. The summed E-state index contributed by atoms with van der Waals surface area (Å²) < 4.78 is 16.4. The predicted molar refractivity (Wildman–Crippen MR) is 107 cm³/mol. The van der Waals surface area contributed by atoms with Gasteiger partial charge in [0.1, 0.15) is 17.8 Å². The van der Waals surface area contributed by atoms with Crippen LogP contribution in [-0.4, -0.2) is 62.0 Å². The van der Waals surface area contributed by atoms with Gasteiger partial charge < -0.3 is 23.7 Å². The Morgan fingerprint density at radius 3 is 2.46 bits per heavy atom. The first-order chi connectivity index (χ1) is 13.5. The second kappa shape index (κ2) is 8.75. The molecule has 28 heavy (non-hydrogen) atoms. The Balaban J connectivity index is 1.62. The quantitative estimate of drug-likeness (QED) is 0.596. The Morgan fingerprint density at radius 2 is 1.75 bits per heavy atom. The SMILES string of the molecule is COc1ccc2ccc(OCc3nc(C(=O)N(C)CCN(C)C)co3)cc2c1. The van der Waals surface area contributed by atoms with Crippen molar-refractivity contribution in [2.45, 2.75) is 6.61 Å². The normalized spacial score (nSPS) is 11.0. The summed E-state index contributed by atoms with van der Waals surface area (Å²) in [5.74, 6) is 1.67. The van der Waals surface area contributed by atoms with E-state index < -0.39 is 0 Å². The lowest BCUT2D eigenvalue weighted by Crippen LogP contribution is -2.33. The van der Waals surface area contributed by atoms with Crippen LogP contribution in [0.1, 0.15) is 16.4 Å². The molecule has 0 saturated carbocycles. The summed E-state index contributed by atoms with van der Waals surface area (Å²) in [6.07, 6.45) is 1.37. The van der Waals surface area contributed by atoms with Gasteiger partial charge in [0.15, 0.2) is 12.3 Å². The molecule has 0 radical (unpaired) electrons. The topological polar surface area (TPSA) is 68.0 Å². The molecule has 3 rings (SSSR count). The minimum atomic E-state index is -0.172. The molecule has 0 atom stereocenters. The maximum absolute atomic E-state index is 12.4. The molecule has 0 unspecified atom stereocenters. The fourth-order valence-electron chi connectivity index (χ4n) is 2.69. The van der Waals surface area contributed by atoms with E-state index in [1.54, 1.807) is 19.1 Å². The molecular formula is C21H25N3O4. The van der Waals surface area contributed by atoms with Crippen LogP contribution in [0, 0.1) is 0 Å². The number of nitrogens with zero attached hydrogens (tertiary/aromatic N) is 3. The summed E-state index contributed by atoms with van der Waals surface area (Å²) >= 11 is 0. The zero-order valence-corrected chi connectivity index (χ0v) is 16.6. The van der Waals surface area contributed by atoms with Crippen molar-refractivity contribution in [3.05, 3.63) is 54.2 Å². The van der Waals surface area contributed by atoms with Crippen molar-refractivity contribution in [3.63, 3.8) is 0 Å². The number of likely N-dealkylation sites (N-methyl/N-ethyl adjacent to an activating group) is 2. The van der Waals surface area contributed by atoms with Crippen molar-refractivity contribution in [1.82, 2.24) is 14.8 Å². The number of ether oxygens (including phenoxy) is 2. The molecule has 0 spiro atoms. The Kier molecular flexibility index (Phi) is 6.16. The number of aromatic nitrogens is 1. The van der Waals surface area contributed by atoms with Crippen molar-refractivity contribution >= 4 is 16.7 Å². The lowest BCUT2D eigenvalue weighted by molar-refractivity contribution is 0.0780. The van der Waals surface area contributed by atoms with Crippen LogP contribution >= 0.6 is 0 Å². The third-order valence-corrected chi connectivity index (χ3v) is 4.38. The van der Waals surface area contributed by atoms with Crippen molar-refractivity contribution < 1.29 is 18.7 Å². The van der Waals surface area contributed by atoms with Crippen molar-refractivity contribution in [2.24, 2.45) is 0 Å². The van der Waals surface area contributed by atoms with E-state index in [2.05, 4.69) is 4.98 Å². The fourth-order valence-corrected chi connectivity index (χ4v) is 2.69. The number of carbonyl (C=O) groups excluding carboxylic acids is 1. The van der Waals surface area contributed by atoms with Crippen LogP contribution in [-0.2, 0) is 6.61 Å². The van der Waals surface area contributed by atoms with Gasteiger partial charge in [0, 0.05) is 20.1 Å². The maximum atomic E-state index is 12.4. The molecule has 1 aromatic heterocycles. The number of carbonyl (C=O) groups is 1. The molecule has 0 aliphatic heterocycles. The van der Waals surface area contributed by atoms with Gasteiger partial charge in [-0.05, 0) is 49.1 Å². The van der Waals surface area contributed by atoms with E-state index in [1.165, 1.54) is 6.26 Å². The molecule has 1 heterocycles. The van der Waals surface area contributed by atoms with Crippen LogP contribution in [0.3, 0.4) is 0 Å². The van der Waals surface area contributed by atoms with Crippen LogP contribution in [0.4, 0.5) is 0 Å². The molecule has 3 aromatic rings. The number of hydrogen-bond donors (Lipinski definition) is 0. The number of rotatable bonds is 8. The van der Waals surface area contributed by atoms with Crippen LogP contribution in [0.5, 0.6) is 11.5 Å². The van der Waals surface area contributed by atoms with Gasteiger partial charge in [-0.3, -0.25) is 4.79 Å². The van der Waals surface area contributed by atoms with Gasteiger partial charge in [-0.2, -0.15) is 0 Å². The van der Waals surface area contributed by atoms with Gasteiger partial charge in [0.05, 0.1) is 7.11 Å². The summed E-state index contributed by atoms with van der Waals surface area (Å²) in [6, 6.07) is 11.7. The molecule has 0 N–H and O–H groups in total. The molecule has 0 bridgehead atoms. The lowest BCUT2D eigenvalue weighted by atomic mass is 10.1. The first kappa shape index (κ1) is 19.7. The Labute approximate surface area is 164 Å². The highest BCUT2D eigenvalue weighted by molar-refractivity contribution is 5.91. The smallest absolute Gasteiger partial charge is 0.275 e. The molecule has 148 valence electrons. The van der Waals surface area contributed by atoms with Gasteiger partial charge in [-0.1, -0.05) is 12.1 Å². The highest BCUT2D eigenvalue weighted by atomic mass is 16.5. The van der Waals surface area contributed by atoms with E-state index in [4.69, 9.17) is 13.9 Å². The summed E-state index contributed by atoms with van der Waals surface area (Å²) in [5, 5.41) is 2.11. The minimum Gasteiger partial charge on any atom is -0.497 e. The maximum Gasteiger partial charge on any atom is 0.275 e. The number of fused-ring (bicyclic) bond motifs is 1. The molecule has 7 nitrogen and oxygen atoms in total. The van der Waals surface area contributed by atoms with Crippen LogP contribution < -0.4 is 9.47 Å². The first-order valence-corrected chi connectivity index (χ1v) is 9.01. The molecule has 2 aromatic carbocycles. The van der Waals surface area contributed by atoms with Crippen LogP contribution in [0.25, 0.3) is 10.8 Å². The average molecular weight is 383 g/mol. The molecule has 7 heteroatoms. The monoisotopic (exact) mass is 383 g/mol. The number of hydrogen-bond acceptors (Lipinski definition) is 6. The summed E-state index contributed by atoms with van der Waals surface area (Å²) in [6.45, 7) is 1.54. The van der Waals surface area contributed by atoms with E-state index in [1.807, 2.05) is 55.4 Å². The van der Waals surface area contributed by atoms with Gasteiger partial charge in [-0.25, -0.2) is 4.98 Å². The van der Waals surface area contributed by atoms with E-state index >= 15 is 0 Å². The molecule has 0 saturated heterocycles. The fraction of sp³-hybridized carbons (Fsp3) is 0.333. The Hall–Kier alpha value is -3.06. The highest BCUT2D eigenvalue weighted by Gasteiger charge is 2.17. The van der Waals surface area contributed by atoms with Crippen LogP contribution in [0.2, 0.25) is 0 Å². The second-order valence-corrected chi connectivity index (χ2v) is 6.82. The second-order valence-electron chi connectivity index (χ2n) is 6.82. The average Bonchev–Trinajstić information content (AvgIpc) is 3.18. The Bertz CT molecular complexity index is 952. The van der Waals surface area contributed by atoms with E-state index in [0.717, 1.165) is 23.1 Å². The number of amides is 1. The first-order valence-electron chi connectivity index (χ1n) is 9.01. The molecule has 0 aliphatic carbocycles. The molecule has 1 amide bonds. The largest absolute Gasteiger partial charge is 0.497 e. The zero-order chi connectivity index (χ0) is 20.1. The molecular weight excluding hydrogens is 358 g/mol.